The van der Waals surface area contributed by atoms with Crippen molar-refractivity contribution < 1.29 is 9.59 Å². The smallest absolute Gasteiger partial charge is 0.255 e. The highest BCUT2D eigenvalue weighted by atomic mass is 16.2. The normalized spacial score (nSPS) is 10.3. The van der Waals surface area contributed by atoms with Crippen LogP contribution in [-0.2, 0) is 11.2 Å². The number of amides is 2. The van der Waals surface area contributed by atoms with Gasteiger partial charge in [-0.15, -0.1) is 0 Å². The summed E-state index contributed by atoms with van der Waals surface area (Å²) in [5, 5.41) is 5.76. The van der Waals surface area contributed by atoms with Gasteiger partial charge in [-0.3, -0.25) is 9.59 Å². The van der Waals surface area contributed by atoms with Crippen molar-refractivity contribution in [3.63, 3.8) is 0 Å². The molecule has 0 heterocycles. The average molecular weight is 358 g/mol. The number of anilines is 2. The van der Waals surface area contributed by atoms with Gasteiger partial charge in [0, 0.05) is 16.9 Å². The number of hydrogen-bond donors (Lipinski definition) is 2. The van der Waals surface area contributed by atoms with Crippen molar-refractivity contribution in [2.45, 2.75) is 20.3 Å². The molecule has 3 aromatic carbocycles. The van der Waals surface area contributed by atoms with E-state index in [0.717, 1.165) is 22.4 Å². The van der Waals surface area contributed by atoms with Gasteiger partial charge in [-0.1, -0.05) is 36.4 Å². The number of carbonyl (C=O) groups is 2. The molecule has 0 unspecified atom stereocenters. The van der Waals surface area contributed by atoms with Crippen LogP contribution in [0, 0.1) is 13.8 Å². The van der Waals surface area contributed by atoms with Gasteiger partial charge in [0.1, 0.15) is 0 Å². The van der Waals surface area contributed by atoms with Gasteiger partial charge in [0.15, 0.2) is 0 Å². The molecule has 0 atom stereocenters. The molecule has 0 bridgehead atoms. The molecule has 4 nitrogen and oxygen atoms in total. The van der Waals surface area contributed by atoms with Gasteiger partial charge in [0.2, 0.25) is 5.91 Å². The molecule has 0 aliphatic heterocycles. The van der Waals surface area contributed by atoms with Crippen molar-refractivity contribution in [2.24, 2.45) is 0 Å². The zero-order valence-electron chi connectivity index (χ0n) is 15.5. The van der Waals surface area contributed by atoms with E-state index in [0.29, 0.717) is 17.7 Å². The Morgan fingerprint density at radius 3 is 2.00 bits per heavy atom. The summed E-state index contributed by atoms with van der Waals surface area (Å²) in [6.07, 6.45) is 0.315. The first-order chi connectivity index (χ1) is 13.0. The van der Waals surface area contributed by atoms with Crippen LogP contribution in [0.25, 0.3) is 0 Å². The van der Waals surface area contributed by atoms with Crippen LogP contribution in [0.4, 0.5) is 11.4 Å². The minimum Gasteiger partial charge on any atom is -0.326 e. The first kappa shape index (κ1) is 18.4. The molecule has 0 aromatic heterocycles. The molecule has 0 radical (unpaired) electrons. The summed E-state index contributed by atoms with van der Waals surface area (Å²) in [4.78, 5) is 24.5. The first-order valence-electron chi connectivity index (χ1n) is 8.83. The fraction of sp³-hybridized carbons (Fsp3) is 0.130. The van der Waals surface area contributed by atoms with Crippen LogP contribution < -0.4 is 10.6 Å². The predicted molar refractivity (Wildman–Crippen MR) is 109 cm³/mol. The van der Waals surface area contributed by atoms with Crippen LogP contribution in [0.3, 0.4) is 0 Å². The average Bonchev–Trinajstić information content (AvgIpc) is 2.62. The molecule has 0 spiro atoms. The number of hydrogen-bond acceptors (Lipinski definition) is 2. The number of nitrogens with one attached hydrogen (secondary N) is 2. The molecular formula is C23H22N2O2. The fourth-order valence-electron chi connectivity index (χ4n) is 2.94. The minimum absolute atomic E-state index is 0.0892. The SMILES string of the molecule is Cc1cc(C)cc(NC(=O)c2ccc(NC(=O)Cc3ccccc3)cc2)c1. The second-order valence-corrected chi connectivity index (χ2v) is 6.62. The lowest BCUT2D eigenvalue weighted by atomic mass is 10.1. The lowest BCUT2D eigenvalue weighted by Crippen LogP contribution is -2.15. The summed E-state index contributed by atoms with van der Waals surface area (Å²) >= 11 is 0. The van der Waals surface area contributed by atoms with E-state index < -0.39 is 0 Å². The molecule has 0 aliphatic rings. The van der Waals surface area contributed by atoms with E-state index in [-0.39, 0.29) is 11.8 Å². The van der Waals surface area contributed by atoms with Crippen LogP contribution in [0.5, 0.6) is 0 Å². The quantitative estimate of drug-likeness (QED) is 0.692. The molecule has 2 N–H and O–H groups in total. The molecule has 0 saturated carbocycles. The molecule has 4 heteroatoms. The van der Waals surface area contributed by atoms with Crippen molar-refractivity contribution in [3.8, 4) is 0 Å². The van der Waals surface area contributed by atoms with Crippen LogP contribution >= 0.6 is 0 Å². The third-order valence-corrected chi connectivity index (χ3v) is 4.12. The summed E-state index contributed by atoms with van der Waals surface area (Å²) in [6, 6.07) is 22.4. The standard InChI is InChI=1S/C23H22N2O2/c1-16-12-17(2)14-21(13-16)25-23(27)19-8-10-20(11-9-19)24-22(26)15-18-6-4-3-5-7-18/h3-14H,15H2,1-2H3,(H,24,26)(H,25,27). The van der Waals surface area contributed by atoms with Crippen molar-refractivity contribution in [3.05, 3.63) is 95.1 Å². The molecular weight excluding hydrogens is 336 g/mol. The molecule has 0 aliphatic carbocycles. The number of benzene rings is 3. The van der Waals surface area contributed by atoms with E-state index in [1.165, 1.54) is 0 Å². The van der Waals surface area contributed by atoms with Gasteiger partial charge in [-0.2, -0.15) is 0 Å². The highest BCUT2D eigenvalue weighted by Gasteiger charge is 2.08. The van der Waals surface area contributed by atoms with Crippen molar-refractivity contribution in [2.75, 3.05) is 10.6 Å². The minimum atomic E-state index is -0.179. The van der Waals surface area contributed by atoms with E-state index in [1.807, 2.05) is 56.3 Å². The third-order valence-electron chi connectivity index (χ3n) is 4.12. The van der Waals surface area contributed by atoms with Crippen molar-refractivity contribution in [1.29, 1.82) is 0 Å². The molecule has 2 amide bonds. The Morgan fingerprint density at radius 2 is 1.37 bits per heavy atom. The highest BCUT2D eigenvalue weighted by molar-refractivity contribution is 6.04. The molecule has 136 valence electrons. The zero-order valence-corrected chi connectivity index (χ0v) is 15.5. The maximum atomic E-state index is 12.4. The second-order valence-electron chi connectivity index (χ2n) is 6.62. The Labute approximate surface area is 159 Å². The van der Waals surface area contributed by atoms with Gasteiger partial charge in [0.05, 0.1) is 6.42 Å². The zero-order chi connectivity index (χ0) is 19.2. The predicted octanol–water partition coefficient (Wildman–Crippen LogP) is 4.74. The summed E-state index contributed by atoms with van der Waals surface area (Å²) < 4.78 is 0. The van der Waals surface area contributed by atoms with E-state index in [2.05, 4.69) is 16.7 Å². The van der Waals surface area contributed by atoms with E-state index >= 15 is 0 Å². The Hall–Kier alpha value is -3.40. The van der Waals surface area contributed by atoms with Gasteiger partial charge in [-0.05, 0) is 66.9 Å². The molecule has 0 saturated heterocycles. The van der Waals surface area contributed by atoms with E-state index in [4.69, 9.17) is 0 Å². The maximum Gasteiger partial charge on any atom is 0.255 e. The lowest BCUT2D eigenvalue weighted by molar-refractivity contribution is -0.115. The first-order valence-corrected chi connectivity index (χ1v) is 8.83. The van der Waals surface area contributed by atoms with Gasteiger partial charge < -0.3 is 10.6 Å². The summed E-state index contributed by atoms with van der Waals surface area (Å²) in [6.45, 7) is 3.99. The molecule has 27 heavy (non-hydrogen) atoms. The Bertz CT molecular complexity index is 928. The summed E-state index contributed by atoms with van der Waals surface area (Å²) in [5.41, 5.74) is 5.13. The second kappa shape index (κ2) is 8.32. The number of rotatable bonds is 5. The molecule has 3 aromatic rings. The Kier molecular flexibility index (Phi) is 5.67. The van der Waals surface area contributed by atoms with Crippen LogP contribution in [0.15, 0.2) is 72.8 Å². The van der Waals surface area contributed by atoms with Crippen LogP contribution in [-0.4, -0.2) is 11.8 Å². The Balaban J connectivity index is 1.60. The number of aryl methyl sites for hydroxylation is 2. The van der Waals surface area contributed by atoms with Crippen LogP contribution in [0.2, 0.25) is 0 Å². The van der Waals surface area contributed by atoms with Crippen molar-refractivity contribution in [1.82, 2.24) is 0 Å². The number of carbonyl (C=O) groups excluding carboxylic acids is 2. The molecule has 3 rings (SSSR count). The maximum absolute atomic E-state index is 12.4. The van der Waals surface area contributed by atoms with E-state index in [9.17, 15) is 9.59 Å². The highest BCUT2D eigenvalue weighted by Crippen LogP contribution is 2.16. The fourth-order valence-corrected chi connectivity index (χ4v) is 2.94. The van der Waals surface area contributed by atoms with Crippen molar-refractivity contribution >= 4 is 23.2 Å². The van der Waals surface area contributed by atoms with Gasteiger partial charge in [0.25, 0.3) is 5.91 Å². The van der Waals surface area contributed by atoms with Gasteiger partial charge in [-0.25, -0.2) is 0 Å². The van der Waals surface area contributed by atoms with E-state index in [1.54, 1.807) is 24.3 Å². The Morgan fingerprint density at radius 1 is 0.741 bits per heavy atom. The van der Waals surface area contributed by atoms with Crippen LogP contribution in [0.1, 0.15) is 27.0 Å². The summed E-state index contributed by atoms with van der Waals surface area (Å²) in [7, 11) is 0. The largest absolute Gasteiger partial charge is 0.326 e. The van der Waals surface area contributed by atoms with Gasteiger partial charge >= 0.3 is 0 Å². The molecule has 0 fully saturated rings. The third kappa shape index (κ3) is 5.28. The lowest BCUT2D eigenvalue weighted by Gasteiger charge is -2.09. The summed E-state index contributed by atoms with van der Waals surface area (Å²) in [5.74, 6) is -0.268. The monoisotopic (exact) mass is 358 g/mol. The topological polar surface area (TPSA) is 58.2 Å².